The predicted octanol–water partition coefficient (Wildman–Crippen LogP) is 3.39. The van der Waals surface area contributed by atoms with E-state index in [4.69, 9.17) is 0 Å². The molecule has 11 heteroatoms. The van der Waals surface area contributed by atoms with Crippen molar-refractivity contribution in [2.24, 2.45) is 0 Å². The predicted molar refractivity (Wildman–Crippen MR) is 112 cm³/mol. The van der Waals surface area contributed by atoms with Crippen molar-refractivity contribution in [3.63, 3.8) is 0 Å². The molecule has 1 fully saturated rings. The fraction of sp³-hybridized carbons (Fsp3) is 0.294. The SMILES string of the molecule is O=C(NCc1ccc(S(=O)(=O)N2CCCC2)s1)c1cc2c(nc3sccn32)s1. The van der Waals surface area contributed by atoms with Crippen molar-refractivity contribution in [3.05, 3.63) is 39.5 Å². The van der Waals surface area contributed by atoms with Crippen LogP contribution in [0.2, 0.25) is 0 Å². The smallest absolute Gasteiger partial charge is 0.261 e. The van der Waals surface area contributed by atoms with Gasteiger partial charge in [0.1, 0.15) is 9.04 Å². The van der Waals surface area contributed by atoms with Crippen LogP contribution in [0.15, 0.2) is 34.0 Å². The number of hydrogen-bond donors (Lipinski definition) is 1. The summed E-state index contributed by atoms with van der Waals surface area (Å²) in [5.74, 6) is -0.177. The van der Waals surface area contributed by atoms with Gasteiger partial charge in [0, 0.05) is 29.5 Å². The molecule has 0 bridgehead atoms. The molecule has 1 aliphatic rings. The molecule has 0 saturated carbocycles. The van der Waals surface area contributed by atoms with E-state index in [1.807, 2.05) is 22.0 Å². The average molecular weight is 453 g/mol. The quantitative estimate of drug-likeness (QED) is 0.503. The first kappa shape index (κ1) is 18.3. The number of fused-ring (bicyclic) bond motifs is 3. The van der Waals surface area contributed by atoms with Crippen LogP contribution in [0, 0.1) is 0 Å². The lowest BCUT2D eigenvalue weighted by Gasteiger charge is -2.13. The zero-order chi connectivity index (χ0) is 19.3. The Hall–Kier alpha value is -1.79. The lowest BCUT2D eigenvalue weighted by Crippen LogP contribution is -2.27. The third kappa shape index (κ3) is 3.07. The van der Waals surface area contributed by atoms with Crippen molar-refractivity contribution in [2.45, 2.75) is 23.6 Å². The lowest BCUT2D eigenvalue weighted by molar-refractivity contribution is 0.0955. The maximum atomic E-state index is 12.6. The normalized spacial score (nSPS) is 15.7. The molecule has 0 aliphatic carbocycles. The first-order chi connectivity index (χ1) is 13.5. The van der Waals surface area contributed by atoms with E-state index < -0.39 is 10.0 Å². The van der Waals surface area contributed by atoms with Gasteiger partial charge in [-0.25, -0.2) is 13.4 Å². The van der Waals surface area contributed by atoms with Crippen molar-refractivity contribution in [2.75, 3.05) is 13.1 Å². The Balaban J connectivity index is 1.29. The number of nitrogens with zero attached hydrogens (tertiary/aromatic N) is 3. The fourth-order valence-corrected chi connectivity index (χ4v) is 7.95. The van der Waals surface area contributed by atoms with Crippen molar-refractivity contribution in [1.82, 2.24) is 19.0 Å². The Labute approximate surface area is 173 Å². The number of nitrogens with one attached hydrogen (secondary N) is 1. The van der Waals surface area contributed by atoms with Gasteiger partial charge in [0.25, 0.3) is 15.9 Å². The van der Waals surface area contributed by atoms with Gasteiger partial charge in [0.15, 0.2) is 4.96 Å². The Morgan fingerprint density at radius 1 is 1.21 bits per heavy atom. The zero-order valence-corrected chi connectivity index (χ0v) is 17.9. The molecule has 7 nitrogen and oxygen atoms in total. The van der Waals surface area contributed by atoms with Gasteiger partial charge in [-0.05, 0) is 31.0 Å². The van der Waals surface area contributed by atoms with E-state index in [-0.39, 0.29) is 5.91 Å². The second-order valence-corrected chi connectivity index (χ2v) is 11.7. The third-order valence-electron chi connectivity index (χ3n) is 4.68. The molecule has 1 saturated heterocycles. The van der Waals surface area contributed by atoms with Gasteiger partial charge < -0.3 is 5.32 Å². The molecule has 0 atom stereocenters. The van der Waals surface area contributed by atoms with Crippen molar-refractivity contribution in [1.29, 1.82) is 0 Å². The summed E-state index contributed by atoms with van der Waals surface area (Å²) in [6, 6.07) is 5.25. The van der Waals surface area contributed by atoms with Crippen LogP contribution in [-0.4, -0.2) is 41.1 Å². The van der Waals surface area contributed by atoms with E-state index in [9.17, 15) is 13.2 Å². The summed E-state index contributed by atoms with van der Waals surface area (Å²) < 4.78 is 29.1. The highest BCUT2D eigenvalue weighted by atomic mass is 32.2. The number of carbonyl (C=O) groups is 1. The van der Waals surface area contributed by atoms with Gasteiger partial charge in [0.05, 0.1) is 16.9 Å². The second kappa shape index (κ2) is 6.92. The number of thiophene rings is 2. The maximum absolute atomic E-state index is 12.6. The summed E-state index contributed by atoms with van der Waals surface area (Å²) >= 11 is 4.14. The zero-order valence-electron chi connectivity index (χ0n) is 14.6. The summed E-state index contributed by atoms with van der Waals surface area (Å²) in [7, 11) is -3.40. The van der Waals surface area contributed by atoms with Gasteiger partial charge in [0.2, 0.25) is 0 Å². The number of imidazole rings is 1. The Kier molecular flexibility index (Phi) is 4.51. The van der Waals surface area contributed by atoms with E-state index in [1.165, 1.54) is 27.0 Å². The molecule has 1 aliphatic heterocycles. The maximum Gasteiger partial charge on any atom is 0.261 e. The van der Waals surface area contributed by atoms with Crippen LogP contribution in [-0.2, 0) is 16.6 Å². The highest BCUT2D eigenvalue weighted by Crippen LogP contribution is 2.29. The summed E-state index contributed by atoms with van der Waals surface area (Å²) in [6.07, 6.45) is 3.77. The molecule has 28 heavy (non-hydrogen) atoms. The van der Waals surface area contributed by atoms with Crippen LogP contribution >= 0.6 is 34.0 Å². The molecule has 0 spiro atoms. The topological polar surface area (TPSA) is 83.8 Å². The molecule has 0 aromatic carbocycles. The number of sulfonamides is 1. The van der Waals surface area contributed by atoms with E-state index >= 15 is 0 Å². The molecule has 1 amide bonds. The fourth-order valence-electron chi connectivity index (χ4n) is 3.26. The number of hydrogen-bond acceptors (Lipinski definition) is 7. The van der Waals surface area contributed by atoms with Gasteiger partial charge >= 0.3 is 0 Å². The minimum absolute atomic E-state index is 0.177. The molecule has 0 radical (unpaired) electrons. The number of thiazole rings is 1. The van der Waals surface area contributed by atoms with E-state index in [0.29, 0.717) is 28.7 Å². The van der Waals surface area contributed by atoms with Gasteiger partial charge in [-0.1, -0.05) is 0 Å². The Morgan fingerprint density at radius 3 is 2.86 bits per heavy atom. The monoisotopic (exact) mass is 452 g/mol. The number of aromatic nitrogens is 2. The van der Waals surface area contributed by atoms with Crippen LogP contribution in [0.3, 0.4) is 0 Å². The first-order valence-corrected chi connectivity index (χ1v) is 12.7. The van der Waals surface area contributed by atoms with E-state index in [0.717, 1.165) is 33.0 Å². The van der Waals surface area contributed by atoms with Crippen molar-refractivity contribution < 1.29 is 13.2 Å². The van der Waals surface area contributed by atoms with Crippen LogP contribution in [0.25, 0.3) is 15.3 Å². The van der Waals surface area contributed by atoms with E-state index in [2.05, 4.69) is 10.3 Å². The lowest BCUT2D eigenvalue weighted by atomic mass is 10.4. The first-order valence-electron chi connectivity index (χ1n) is 8.74. The van der Waals surface area contributed by atoms with Crippen molar-refractivity contribution in [3.8, 4) is 0 Å². The molecule has 146 valence electrons. The standard InChI is InChI=1S/C17H16N4O3S4/c22-15(13-9-12-16(27-13)19-17-21(12)7-8-25-17)18-10-11-3-4-14(26-11)28(23,24)20-5-1-2-6-20/h3-4,7-9H,1-2,5-6,10H2,(H,18,22). The second-order valence-electron chi connectivity index (χ2n) is 6.48. The van der Waals surface area contributed by atoms with Gasteiger partial charge in [-0.15, -0.1) is 34.0 Å². The minimum Gasteiger partial charge on any atom is -0.346 e. The Bertz CT molecular complexity index is 1270. The summed E-state index contributed by atoms with van der Waals surface area (Å²) in [4.78, 5) is 20.2. The van der Waals surface area contributed by atoms with Crippen LogP contribution in [0.1, 0.15) is 27.4 Å². The number of amides is 1. The van der Waals surface area contributed by atoms with E-state index in [1.54, 1.807) is 23.5 Å². The average Bonchev–Trinajstić information content (AvgIpc) is 3.47. The number of rotatable bonds is 5. The largest absolute Gasteiger partial charge is 0.346 e. The van der Waals surface area contributed by atoms with Crippen LogP contribution < -0.4 is 5.32 Å². The Morgan fingerprint density at radius 2 is 2.04 bits per heavy atom. The highest BCUT2D eigenvalue weighted by Gasteiger charge is 2.28. The molecule has 5 heterocycles. The molecular formula is C17H16N4O3S4. The van der Waals surface area contributed by atoms with Crippen LogP contribution in [0.4, 0.5) is 0 Å². The minimum atomic E-state index is -3.40. The van der Waals surface area contributed by atoms with Gasteiger partial charge in [-0.2, -0.15) is 4.31 Å². The molecule has 4 aromatic rings. The molecule has 4 aromatic heterocycles. The van der Waals surface area contributed by atoms with Gasteiger partial charge in [-0.3, -0.25) is 9.20 Å². The summed E-state index contributed by atoms with van der Waals surface area (Å²) in [6.45, 7) is 1.48. The summed E-state index contributed by atoms with van der Waals surface area (Å²) in [5, 5.41) is 4.84. The number of carbonyl (C=O) groups excluding carboxylic acids is 1. The van der Waals surface area contributed by atoms with Crippen molar-refractivity contribution >= 4 is 65.2 Å². The summed E-state index contributed by atoms with van der Waals surface area (Å²) in [5.41, 5.74) is 0.932. The molecule has 5 rings (SSSR count). The highest BCUT2D eigenvalue weighted by molar-refractivity contribution is 7.91. The third-order valence-corrected chi connectivity index (χ3v) is 9.91. The van der Waals surface area contributed by atoms with Crippen LogP contribution in [0.5, 0.6) is 0 Å². The molecule has 1 N–H and O–H groups in total. The molecule has 0 unspecified atom stereocenters. The molecular weight excluding hydrogens is 436 g/mol.